The zero-order valence-corrected chi connectivity index (χ0v) is 9.26. The van der Waals surface area contributed by atoms with Gasteiger partial charge >= 0.3 is 5.97 Å². The highest BCUT2D eigenvalue weighted by molar-refractivity contribution is 7.99. The molecule has 1 aliphatic rings. The Morgan fingerprint density at radius 1 is 1.53 bits per heavy atom. The van der Waals surface area contributed by atoms with Crippen molar-refractivity contribution in [3.8, 4) is 0 Å². The average Bonchev–Trinajstić information content (AvgIpc) is 2.86. The Morgan fingerprint density at radius 2 is 2.27 bits per heavy atom. The van der Waals surface area contributed by atoms with Gasteiger partial charge in [-0.15, -0.1) is 0 Å². The van der Waals surface area contributed by atoms with E-state index in [1.807, 2.05) is 11.8 Å². The summed E-state index contributed by atoms with van der Waals surface area (Å²) < 4.78 is 5.18. The molecule has 1 aromatic heterocycles. The van der Waals surface area contributed by atoms with Crippen LogP contribution in [0.25, 0.3) is 0 Å². The van der Waals surface area contributed by atoms with Crippen LogP contribution in [0, 0.1) is 0 Å². The highest BCUT2D eigenvalue weighted by Gasteiger charge is 2.18. The summed E-state index contributed by atoms with van der Waals surface area (Å²) >= 11 is 1.82. The van der Waals surface area contributed by atoms with Crippen molar-refractivity contribution in [3.05, 3.63) is 23.7 Å². The summed E-state index contributed by atoms with van der Waals surface area (Å²) in [6.45, 7) is 0. The van der Waals surface area contributed by atoms with Crippen LogP contribution in [-0.4, -0.2) is 16.3 Å². The molecule has 0 aromatic carbocycles. The van der Waals surface area contributed by atoms with Gasteiger partial charge in [0, 0.05) is 5.25 Å². The van der Waals surface area contributed by atoms with E-state index in [2.05, 4.69) is 0 Å². The molecule has 0 radical (unpaired) electrons. The Balaban J connectivity index is 1.92. The van der Waals surface area contributed by atoms with Gasteiger partial charge in [0.05, 0.1) is 12.0 Å². The lowest BCUT2D eigenvalue weighted by molar-refractivity contribution is 0.0695. The first-order valence-corrected chi connectivity index (χ1v) is 6.23. The molecule has 0 spiro atoms. The van der Waals surface area contributed by atoms with Gasteiger partial charge in [-0.2, -0.15) is 11.8 Å². The molecule has 0 amide bonds. The van der Waals surface area contributed by atoms with E-state index >= 15 is 0 Å². The molecule has 4 heteroatoms. The second-order valence-electron chi connectivity index (χ2n) is 3.78. The van der Waals surface area contributed by atoms with E-state index in [9.17, 15) is 4.79 Å². The lowest BCUT2D eigenvalue weighted by Crippen LogP contribution is -2.00. The van der Waals surface area contributed by atoms with Crippen molar-refractivity contribution in [1.82, 2.24) is 0 Å². The number of carboxylic acids is 1. The number of thioether (sulfide) groups is 1. The van der Waals surface area contributed by atoms with Crippen molar-refractivity contribution < 1.29 is 14.3 Å². The van der Waals surface area contributed by atoms with Crippen molar-refractivity contribution >= 4 is 17.7 Å². The molecule has 0 unspecified atom stereocenters. The minimum Gasteiger partial charge on any atom is -0.478 e. The summed E-state index contributed by atoms with van der Waals surface area (Å²) in [5.41, 5.74) is 0.306. The van der Waals surface area contributed by atoms with Crippen LogP contribution < -0.4 is 0 Å². The van der Waals surface area contributed by atoms with Gasteiger partial charge < -0.3 is 9.52 Å². The average molecular weight is 226 g/mol. The molecule has 1 N–H and O–H groups in total. The minimum absolute atomic E-state index is 0.306. The molecule has 0 bridgehead atoms. The van der Waals surface area contributed by atoms with Gasteiger partial charge in [0.25, 0.3) is 0 Å². The maximum Gasteiger partial charge on any atom is 0.339 e. The third-order valence-electron chi connectivity index (χ3n) is 2.73. The summed E-state index contributed by atoms with van der Waals surface area (Å²) in [4.78, 5) is 10.8. The predicted molar refractivity (Wildman–Crippen MR) is 59.2 cm³/mol. The minimum atomic E-state index is -0.897. The molecule has 3 nitrogen and oxygen atoms in total. The maximum absolute atomic E-state index is 10.8. The van der Waals surface area contributed by atoms with Gasteiger partial charge in [0.1, 0.15) is 11.3 Å². The molecule has 0 saturated heterocycles. The lowest BCUT2D eigenvalue weighted by Gasteiger charge is -2.06. The fourth-order valence-corrected chi connectivity index (χ4v) is 3.17. The summed E-state index contributed by atoms with van der Waals surface area (Å²) in [7, 11) is 0. The fourth-order valence-electron chi connectivity index (χ4n) is 1.89. The second kappa shape index (κ2) is 4.75. The van der Waals surface area contributed by atoms with Crippen molar-refractivity contribution in [2.75, 3.05) is 0 Å². The van der Waals surface area contributed by atoms with Crippen LogP contribution in [0.3, 0.4) is 0 Å². The predicted octanol–water partition coefficient (Wildman–Crippen LogP) is 3.15. The molecule has 1 fully saturated rings. The molecule has 1 aromatic rings. The first-order chi connectivity index (χ1) is 7.27. The van der Waals surface area contributed by atoms with Gasteiger partial charge in [-0.05, 0) is 18.9 Å². The molecule has 82 valence electrons. The molecular weight excluding hydrogens is 212 g/mol. The molecular formula is C11H14O3S. The van der Waals surface area contributed by atoms with E-state index in [-0.39, 0.29) is 0 Å². The topological polar surface area (TPSA) is 50.4 Å². The van der Waals surface area contributed by atoms with Crippen molar-refractivity contribution in [3.63, 3.8) is 0 Å². The monoisotopic (exact) mass is 226 g/mol. The molecule has 0 aliphatic heterocycles. The van der Waals surface area contributed by atoms with Gasteiger partial charge in [-0.25, -0.2) is 4.79 Å². The van der Waals surface area contributed by atoms with E-state index in [0.29, 0.717) is 22.3 Å². The summed E-state index contributed by atoms with van der Waals surface area (Å²) in [5.74, 6) is 0.379. The number of furan rings is 1. The highest BCUT2D eigenvalue weighted by Crippen LogP contribution is 2.32. The number of carboxylic acid groups (broad SMARTS) is 1. The van der Waals surface area contributed by atoms with Gasteiger partial charge in [0.15, 0.2) is 0 Å². The normalized spacial score (nSPS) is 17.1. The Labute approximate surface area is 92.9 Å². The first kappa shape index (κ1) is 10.6. The van der Waals surface area contributed by atoms with Gasteiger partial charge in [-0.1, -0.05) is 12.8 Å². The zero-order chi connectivity index (χ0) is 10.7. The Kier molecular flexibility index (Phi) is 3.36. The van der Waals surface area contributed by atoms with E-state index in [1.165, 1.54) is 38.0 Å². The SMILES string of the molecule is O=C(O)c1ccoc1CSC1CCCC1. The third kappa shape index (κ3) is 2.56. The molecule has 1 aliphatic carbocycles. The number of hydrogen-bond acceptors (Lipinski definition) is 3. The number of carbonyl (C=O) groups is 1. The van der Waals surface area contributed by atoms with Crippen LogP contribution in [-0.2, 0) is 5.75 Å². The van der Waals surface area contributed by atoms with Crippen molar-refractivity contribution in [2.24, 2.45) is 0 Å². The van der Waals surface area contributed by atoms with Crippen LogP contribution in [0.15, 0.2) is 16.7 Å². The van der Waals surface area contributed by atoms with E-state index in [1.54, 1.807) is 0 Å². The lowest BCUT2D eigenvalue weighted by atomic mass is 10.3. The number of rotatable bonds is 4. The van der Waals surface area contributed by atoms with Crippen LogP contribution in [0.1, 0.15) is 41.8 Å². The van der Waals surface area contributed by atoms with Crippen LogP contribution in [0.4, 0.5) is 0 Å². The van der Waals surface area contributed by atoms with Crippen molar-refractivity contribution in [1.29, 1.82) is 0 Å². The van der Waals surface area contributed by atoms with E-state index < -0.39 is 5.97 Å². The number of aromatic carboxylic acids is 1. The smallest absolute Gasteiger partial charge is 0.339 e. The first-order valence-electron chi connectivity index (χ1n) is 5.18. The molecule has 1 heterocycles. The van der Waals surface area contributed by atoms with Crippen LogP contribution in [0.2, 0.25) is 0 Å². The summed E-state index contributed by atoms with van der Waals surface area (Å²) in [6.07, 6.45) is 6.58. The Bertz CT molecular complexity index is 339. The molecule has 15 heavy (non-hydrogen) atoms. The molecule has 2 rings (SSSR count). The third-order valence-corrected chi connectivity index (χ3v) is 4.10. The second-order valence-corrected chi connectivity index (χ2v) is 5.07. The Morgan fingerprint density at radius 3 is 2.93 bits per heavy atom. The molecule has 1 saturated carbocycles. The largest absolute Gasteiger partial charge is 0.478 e. The quantitative estimate of drug-likeness (QED) is 0.856. The van der Waals surface area contributed by atoms with Gasteiger partial charge in [-0.3, -0.25) is 0 Å². The standard InChI is InChI=1S/C11H14O3S/c12-11(13)9-5-6-14-10(9)7-15-8-3-1-2-4-8/h5-6,8H,1-4,7H2,(H,12,13). The van der Waals surface area contributed by atoms with Crippen LogP contribution >= 0.6 is 11.8 Å². The zero-order valence-electron chi connectivity index (χ0n) is 8.44. The summed E-state index contributed by atoms with van der Waals surface area (Å²) in [5, 5.41) is 9.57. The summed E-state index contributed by atoms with van der Waals surface area (Å²) in [6, 6.07) is 1.52. The molecule has 0 atom stereocenters. The van der Waals surface area contributed by atoms with E-state index in [4.69, 9.17) is 9.52 Å². The van der Waals surface area contributed by atoms with Crippen molar-refractivity contribution in [2.45, 2.75) is 36.7 Å². The van der Waals surface area contributed by atoms with Gasteiger partial charge in [0.2, 0.25) is 0 Å². The Hall–Kier alpha value is -0.900. The van der Waals surface area contributed by atoms with Crippen LogP contribution in [0.5, 0.6) is 0 Å². The van der Waals surface area contributed by atoms with E-state index in [0.717, 1.165) is 0 Å². The highest BCUT2D eigenvalue weighted by atomic mass is 32.2. The fraction of sp³-hybridized carbons (Fsp3) is 0.545. The maximum atomic E-state index is 10.8. The number of hydrogen-bond donors (Lipinski definition) is 1.